The molecule has 0 unspecified atom stereocenters. The first kappa shape index (κ1) is 15.3. The van der Waals surface area contributed by atoms with Crippen molar-refractivity contribution < 1.29 is 9.53 Å². The van der Waals surface area contributed by atoms with E-state index in [1.54, 1.807) is 6.92 Å². The number of anilines is 1. The van der Waals surface area contributed by atoms with Crippen LogP contribution in [-0.2, 0) is 16.0 Å². The summed E-state index contributed by atoms with van der Waals surface area (Å²) in [7, 11) is 0. The topological polar surface area (TPSA) is 51.2 Å². The molecule has 1 aromatic heterocycles. The standard InChI is InChI=1S/C12H20N2O2S2/c1-5-16-10(15)6-9-7-18-11(14-9)13-8-12(2,3)17-4/h7H,5-6,8H2,1-4H3,(H,13,14). The van der Waals surface area contributed by atoms with Crippen LogP contribution in [0.15, 0.2) is 5.38 Å². The van der Waals surface area contributed by atoms with Crippen LogP contribution in [0.4, 0.5) is 5.13 Å². The van der Waals surface area contributed by atoms with E-state index in [0.29, 0.717) is 6.61 Å². The van der Waals surface area contributed by atoms with Crippen molar-refractivity contribution in [1.82, 2.24) is 4.98 Å². The first-order valence-electron chi connectivity index (χ1n) is 5.86. The maximum Gasteiger partial charge on any atom is 0.311 e. The summed E-state index contributed by atoms with van der Waals surface area (Å²) in [6, 6.07) is 0. The lowest BCUT2D eigenvalue weighted by molar-refractivity contribution is -0.142. The normalized spacial score (nSPS) is 11.3. The maximum atomic E-state index is 11.3. The smallest absolute Gasteiger partial charge is 0.311 e. The van der Waals surface area contributed by atoms with Crippen molar-refractivity contribution in [2.45, 2.75) is 31.9 Å². The second kappa shape index (κ2) is 6.99. The zero-order valence-electron chi connectivity index (χ0n) is 11.3. The largest absolute Gasteiger partial charge is 0.466 e. The summed E-state index contributed by atoms with van der Waals surface area (Å²) in [6.45, 7) is 7.42. The van der Waals surface area contributed by atoms with Crippen LogP contribution in [-0.4, -0.2) is 35.1 Å². The van der Waals surface area contributed by atoms with Crippen molar-refractivity contribution in [2.24, 2.45) is 0 Å². The highest BCUT2D eigenvalue weighted by atomic mass is 32.2. The Labute approximate surface area is 117 Å². The number of thiazole rings is 1. The molecule has 0 saturated heterocycles. The van der Waals surface area contributed by atoms with Gasteiger partial charge in [-0.3, -0.25) is 4.79 Å². The molecule has 0 aromatic carbocycles. The molecule has 0 aliphatic heterocycles. The van der Waals surface area contributed by atoms with E-state index in [2.05, 4.69) is 30.4 Å². The Morgan fingerprint density at radius 1 is 1.61 bits per heavy atom. The molecule has 18 heavy (non-hydrogen) atoms. The van der Waals surface area contributed by atoms with E-state index in [-0.39, 0.29) is 17.1 Å². The van der Waals surface area contributed by atoms with E-state index >= 15 is 0 Å². The highest BCUT2D eigenvalue weighted by Gasteiger charge is 2.16. The van der Waals surface area contributed by atoms with Crippen LogP contribution in [0, 0.1) is 0 Å². The lowest BCUT2D eigenvalue weighted by Crippen LogP contribution is -2.25. The molecule has 6 heteroatoms. The summed E-state index contributed by atoms with van der Waals surface area (Å²) in [5.74, 6) is -0.223. The van der Waals surface area contributed by atoms with Gasteiger partial charge in [-0.1, -0.05) is 0 Å². The molecule has 0 radical (unpaired) electrons. The molecule has 0 amide bonds. The molecule has 0 fully saturated rings. The Morgan fingerprint density at radius 2 is 2.33 bits per heavy atom. The van der Waals surface area contributed by atoms with Gasteiger partial charge in [-0.05, 0) is 27.0 Å². The molecule has 1 heterocycles. The number of nitrogens with zero attached hydrogens (tertiary/aromatic N) is 1. The predicted octanol–water partition coefficient (Wildman–Crippen LogP) is 2.80. The highest BCUT2D eigenvalue weighted by molar-refractivity contribution is 7.99. The van der Waals surface area contributed by atoms with Crippen LogP contribution in [0.25, 0.3) is 0 Å². The predicted molar refractivity (Wildman–Crippen MR) is 78.5 cm³/mol. The fraction of sp³-hybridized carbons (Fsp3) is 0.667. The lowest BCUT2D eigenvalue weighted by atomic mass is 10.2. The summed E-state index contributed by atoms with van der Waals surface area (Å²) in [6.07, 6.45) is 2.34. The van der Waals surface area contributed by atoms with Gasteiger partial charge in [0.25, 0.3) is 0 Å². The Kier molecular flexibility index (Phi) is 5.95. The van der Waals surface area contributed by atoms with E-state index in [9.17, 15) is 4.79 Å². The molecular formula is C12H20N2O2S2. The average Bonchev–Trinajstić information content (AvgIpc) is 2.75. The molecule has 102 valence electrons. The van der Waals surface area contributed by atoms with Crippen molar-refractivity contribution in [3.8, 4) is 0 Å². The van der Waals surface area contributed by atoms with Gasteiger partial charge in [0.05, 0.1) is 18.7 Å². The summed E-state index contributed by atoms with van der Waals surface area (Å²) in [4.78, 5) is 15.7. The molecule has 0 aliphatic rings. The SMILES string of the molecule is CCOC(=O)Cc1csc(NCC(C)(C)SC)n1. The fourth-order valence-corrected chi connectivity index (χ4v) is 2.12. The van der Waals surface area contributed by atoms with E-state index in [0.717, 1.165) is 17.4 Å². The van der Waals surface area contributed by atoms with Crippen molar-refractivity contribution in [1.29, 1.82) is 0 Å². The van der Waals surface area contributed by atoms with Crippen LogP contribution in [0.1, 0.15) is 26.5 Å². The summed E-state index contributed by atoms with van der Waals surface area (Å²) in [5, 5.41) is 6.05. The number of hydrogen-bond donors (Lipinski definition) is 1. The van der Waals surface area contributed by atoms with Gasteiger partial charge in [0.2, 0.25) is 0 Å². The minimum absolute atomic E-state index is 0.174. The molecule has 1 N–H and O–H groups in total. The second-order valence-electron chi connectivity index (χ2n) is 4.44. The quantitative estimate of drug-likeness (QED) is 0.782. The molecule has 1 rings (SSSR count). The number of carbonyl (C=O) groups excluding carboxylic acids is 1. The van der Waals surface area contributed by atoms with Crippen LogP contribution in [0.3, 0.4) is 0 Å². The number of nitrogens with one attached hydrogen (secondary N) is 1. The van der Waals surface area contributed by atoms with E-state index in [4.69, 9.17) is 4.74 Å². The van der Waals surface area contributed by atoms with Gasteiger partial charge in [-0.25, -0.2) is 4.98 Å². The number of hydrogen-bond acceptors (Lipinski definition) is 6. The van der Waals surface area contributed by atoms with Gasteiger partial charge in [0, 0.05) is 16.7 Å². The number of rotatable bonds is 7. The average molecular weight is 288 g/mol. The lowest BCUT2D eigenvalue weighted by Gasteiger charge is -2.21. The van der Waals surface area contributed by atoms with Crippen molar-refractivity contribution >= 4 is 34.2 Å². The summed E-state index contributed by atoms with van der Waals surface area (Å²) < 4.78 is 5.06. The van der Waals surface area contributed by atoms with Crippen LogP contribution in [0.5, 0.6) is 0 Å². The van der Waals surface area contributed by atoms with Crippen LogP contribution in [0.2, 0.25) is 0 Å². The third-order valence-corrected chi connectivity index (χ3v) is 4.50. The zero-order valence-corrected chi connectivity index (χ0v) is 12.9. The third-order valence-electron chi connectivity index (χ3n) is 2.40. The molecule has 0 saturated carbocycles. The zero-order chi connectivity index (χ0) is 13.6. The van der Waals surface area contributed by atoms with Crippen LogP contribution < -0.4 is 5.32 Å². The van der Waals surface area contributed by atoms with Gasteiger partial charge in [-0.15, -0.1) is 11.3 Å². The molecule has 1 aromatic rings. The van der Waals surface area contributed by atoms with E-state index < -0.39 is 0 Å². The second-order valence-corrected chi connectivity index (χ2v) is 6.81. The van der Waals surface area contributed by atoms with Gasteiger partial charge in [0.15, 0.2) is 5.13 Å². The minimum Gasteiger partial charge on any atom is -0.466 e. The van der Waals surface area contributed by atoms with Gasteiger partial charge in [0.1, 0.15) is 0 Å². The van der Waals surface area contributed by atoms with Gasteiger partial charge in [-0.2, -0.15) is 11.8 Å². The maximum absolute atomic E-state index is 11.3. The monoisotopic (exact) mass is 288 g/mol. The Bertz CT molecular complexity index is 391. The van der Waals surface area contributed by atoms with Gasteiger partial charge < -0.3 is 10.1 Å². The van der Waals surface area contributed by atoms with E-state index in [1.165, 1.54) is 11.3 Å². The molecule has 0 spiro atoms. The first-order chi connectivity index (χ1) is 8.46. The molecule has 0 atom stereocenters. The first-order valence-corrected chi connectivity index (χ1v) is 7.96. The molecular weight excluding hydrogens is 268 g/mol. The number of thioether (sulfide) groups is 1. The van der Waals surface area contributed by atoms with Gasteiger partial charge >= 0.3 is 5.97 Å². The Balaban J connectivity index is 2.46. The number of aromatic nitrogens is 1. The van der Waals surface area contributed by atoms with Crippen molar-refractivity contribution in [3.05, 3.63) is 11.1 Å². The summed E-state index contributed by atoms with van der Waals surface area (Å²) in [5.41, 5.74) is 0.767. The molecule has 0 bridgehead atoms. The Morgan fingerprint density at radius 3 is 2.94 bits per heavy atom. The number of esters is 1. The van der Waals surface area contributed by atoms with E-state index in [1.807, 2.05) is 17.1 Å². The minimum atomic E-state index is -0.223. The fourth-order valence-electron chi connectivity index (χ4n) is 1.19. The Hall–Kier alpha value is -0.750. The third kappa shape index (κ3) is 5.27. The highest BCUT2D eigenvalue weighted by Crippen LogP contribution is 2.23. The van der Waals surface area contributed by atoms with Crippen molar-refractivity contribution in [3.63, 3.8) is 0 Å². The molecule has 0 aliphatic carbocycles. The number of carbonyl (C=O) groups is 1. The summed E-state index contributed by atoms with van der Waals surface area (Å²) >= 11 is 3.33. The molecule has 4 nitrogen and oxygen atoms in total. The van der Waals surface area contributed by atoms with Crippen LogP contribution >= 0.6 is 23.1 Å². The number of ether oxygens (including phenoxy) is 1. The van der Waals surface area contributed by atoms with Crippen molar-refractivity contribution in [2.75, 3.05) is 24.7 Å².